The number of aliphatic imine (C=N–C) groups is 1. The number of para-hydroxylation sites is 1. The average molecular weight is 870 g/mol. The first-order chi connectivity index (χ1) is 25.9. The van der Waals surface area contributed by atoms with Gasteiger partial charge in [0.05, 0.1) is 45.6 Å². The van der Waals surface area contributed by atoms with Gasteiger partial charge in [0.15, 0.2) is 0 Å². The normalized spacial score (nSPS) is 10.7. The molecule has 0 radical (unpaired) electrons. The van der Waals surface area contributed by atoms with Crippen LogP contribution in [0.3, 0.4) is 0 Å². The Labute approximate surface area is 332 Å². The van der Waals surface area contributed by atoms with E-state index in [0.29, 0.717) is 0 Å². The van der Waals surface area contributed by atoms with E-state index in [-0.39, 0.29) is 19.5 Å². The van der Waals surface area contributed by atoms with Gasteiger partial charge in [-0.2, -0.15) is 0 Å². The number of pyridine rings is 6. The first kappa shape index (κ1) is 44.1. The molecule has 0 atom stereocenters. The number of halogens is 2. The van der Waals surface area contributed by atoms with Crippen LogP contribution in [0.25, 0.3) is 34.2 Å². The molecular formula is C37H27Cl2N7O8Ru. The van der Waals surface area contributed by atoms with E-state index in [1.807, 2.05) is 127 Å². The Morgan fingerprint density at radius 2 is 0.636 bits per heavy atom. The summed E-state index contributed by atoms with van der Waals surface area (Å²) in [6.45, 7) is 0. The maximum Gasteiger partial charge on any atom is 2.00 e. The number of fused-ring (bicyclic) bond motifs is 3. The summed E-state index contributed by atoms with van der Waals surface area (Å²) in [5.41, 5.74) is 9.47. The van der Waals surface area contributed by atoms with Crippen LogP contribution in [0.5, 0.6) is 0 Å². The van der Waals surface area contributed by atoms with Gasteiger partial charge >= 0.3 is 19.5 Å². The fourth-order valence-electron chi connectivity index (χ4n) is 4.52. The minimum absolute atomic E-state index is 0. The topological polar surface area (TPSA) is 274 Å². The average Bonchev–Trinajstić information content (AvgIpc) is 3.49. The van der Waals surface area contributed by atoms with Crippen LogP contribution in [-0.4, -0.2) is 35.6 Å². The van der Waals surface area contributed by atoms with Gasteiger partial charge < -0.3 is 0 Å². The molecule has 7 aromatic rings. The van der Waals surface area contributed by atoms with Gasteiger partial charge in [-0.25, -0.2) is 42.3 Å². The minimum Gasteiger partial charge on any atom is -0.255 e. The smallest absolute Gasteiger partial charge is 0.255 e. The molecule has 15 nitrogen and oxygen atoms in total. The maximum absolute atomic E-state index is 8.49. The summed E-state index contributed by atoms with van der Waals surface area (Å²) in [5.74, 6) is 0. The van der Waals surface area contributed by atoms with Crippen molar-refractivity contribution >= 4 is 11.4 Å². The van der Waals surface area contributed by atoms with Gasteiger partial charge in [-0.3, -0.25) is 29.9 Å². The SMILES string of the molecule is [O-][Cl+3]([O-])([O-])[O-].[O-][Cl+3]([O-])([O-])[O-].[Ru+2].c1ccc(-c2ccccn2)nc1.c1ccc(-c2ccccn2)nc1.c1ccc(N=C2c3cccnc3-c3ncccc32)cc1. The van der Waals surface area contributed by atoms with Crippen LogP contribution in [0.4, 0.5) is 5.69 Å². The molecule has 1 aliphatic rings. The molecule has 0 bridgehead atoms. The van der Waals surface area contributed by atoms with Gasteiger partial charge in [0.1, 0.15) is 0 Å². The zero-order valence-electron chi connectivity index (χ0n) is 28.1. The molecule has 280 valence electrons. The Balaban J connectivity index is 0.000000203. The molecule has 0 saturated heterocycles. The molecule has 0 amide bonds. The second kappa shape index (κ2) is 22.1. The summed E-state index contributed by atoms with van der Waals surface area (Å²) >= 11 is 0. The Bertz CT molecular complexity index is 1950. The van der Waals surface area contributed by atoms with Crippen molar-refractivity contribution in [2.24, 2.45) is 4.99 Å². The first-order valence-electron chi connectivity index (χ1n) is 15.3. The molecular weight excluding hydrogens is 842 g/mol. The largest absolute Gasteiger partial charge is 2.00 e. The van der Waals surface area contributed by atoms with E-state index in [1.165, 1.54) is 0 Å². The third kappa shape index (κ3) is 16.3. The Morgan fingerprint density at radius 1 is 0.345 bits per heavy atom. The summed E-state index contributed by atoms with van der Waals surface area (Å²) in [7, 11) is -9.89. The van der Waals surface area contributed by atoms with E-state index >= 15 is 0 Å². The molecule has 0 fully saturated rings. The molecule has 8 rings (SSSR count). The molecule has 6 aromatic heterocycles. The number of rotatable bonds is 3. The molecule has 0 N–H and O–H groups in total. The predicted octanol–water partition coefficient (Wildman–Crippen LogP) is -1.60. The summed E-state index contributed by atoms with van der Waals surface area (Å²) in [4.78, 5) is 30.4. The van der Waals surface area contributed by atoms with E-state index < -0.39 is 20.5 Å². The van der Waals surface area contributed by atoms with Crippen LogP contribution in [0.2, 0.25) is 0 Å². The minimum atomic E-state index is -4.94. The predicted molar refractivity (Wildman–Crippen MR) is 174 cm³/mol. The van der Waals surface area contributed by atoms with Crippen molar-refractivity contribution in [2.75, 3.05) is 0 Å². The second-order valence-corrected chi connectivity index (χ2v) is 11.7. The molecule has 0 saturated carbocycles. The van der Waals surface area contributed by atoms with E-state index in [9.17, 15) is 0 Å². The van der Waals surface area contributed by atoms with Gasteiger partial charge in [-0.1, -0.05) is 42.5 Å². The fraction of sp³-hybridized carbons (Fsp3) is 0. The van der Waals surface area contributed by atoms with Crippen molar-refractivity contribution in [1.29, 1.82) is 0 Å². The zero-order chi connectivity index (χ0) is 38.8. The number of hydrogen-bond acceptors (Lipinski definition) is 15. The number of hydrogen-bond donors (Lipinski definition) is 0. The third-order valence-electron chi connectivity index (χ3n) is 6.53. The molecule has 1 aliphatic carbocycles. The fourth-order valence-corrected chi connectivity index (χ4v) is 4.52. The molecule has 18 heteroatoms. The molecule has 0 aliphatic heterocycles. The van der Waals surface area contributed by atoms with E-state index in [0.717, 1.165) is 56.7 Å². The molecule has 0 unspecified atom stereocenters. The molecule has 0 spiro atoms. The van der Waals surface area contributed by atoms with Crippen LogP contribution in [0.15, 0.2) is 170 Å². The monoisotopic (exact) mass is 869 g/mol. The summed E-state index contributed by atoms with van der Waals surface area (Å²) in [5, 5.41) is 0. The number of benzene rings is 1. The van der Waals surface area contributed by atoms with Gasteiger partial charge in [0.2, 0.25) is 0 Å². The van der Waals surface area contributed by atoms with E-state index in [1.54, 1.807) is 37.2 Å². The second-order valence-electron chi connectivity index (χ2n) is 10.2. The van der Waals surface area contributed by atoms with Crippen molar-refractivity contribution in [3.63, 3.8) is 0 Å². The molecule has 1 aromatic carbocycles. The number of nitrogens with zero attached hydrogens (tertiary/aromatic N) is 7. The molecule has 55 heavy (non-hydrogen) atoms. The first-order valence-corrected chi connectivity index (χ1v) is 17.8. The quantitative estimate of drug-likeness (QED) is 0.181. The molecule has 6 heterocycles. The van der Waals surface area contributed by atoms with Crippen molar-refractivity contribution in [1.82, 2.24) is 29.9 Å². The van der Waals surface area contributed by atoms with Crippen LogP contribution < -0.4 is 37.3 Å². The van der Waals surface area contributed by atoms with Crippen molar-refractivity contribution < 1.29 is 77.2 Å². The van der Waals surface area contributed by atoms with Crippen LogP contribution >= 0.6 is 0 Å². The summed E-state index contributed by atoms with van der Waals surface area (Å²) < 4.78 is 67.9. The van der Waals surface area contributed by atoms with Crippen molar-refractivity contribution in [3.05, 3.63) is 176 Å². The Morgan fingerprint density at radius 3 is 0.927 bits per heavy atom. The zero-order valence-corrected chi connectivity index (χ0v) is 31.3. The van der Waals surface area contributed by atoms with Gasteiger partial charge in [0, 0.05) is 48.3 Å². The van der Waals surface area contributed by atoms with Gasteiger partial charge in [-0.05, 0) is 84.9 Å². The number of aromatic nitrogens is 6. The van der Waals surface area contributed by atoms with E-state index in [2.05, 4.69) is 29.9 Å². The third-order valence-corrected chi connectivity index (χ3v) is 6.53. The Kier molecular flexibility index (Phi) is 17.7. The van der Waals surface area contributed by atoms with E-state index in [4.69, 9.17) is 42.3 Å². The standard InChI is InChI=1S/C17H11N3.2C10H8N2.2ClHO4.Ru/c1-2-6-12(7-3-1)20-15-13-8-4-10-18-16(13)17-14(15)9-5-11-19-17;2*1-3-7-11-9(5-1)10-6-2-4-8-12-10;2*2-1(3,4)5;/h1-11H;2*1-8H;2*(H,2,3,4,5);/q;;;;;+2/p-2. The Hall–Kier alpha value is -5.33. The maximum atomic E-state index is 8.49. The van der Waals surface area contributed by atoms with Crippen LogP contribution in [-0.2, 0) is 19.5 Å². The van der Waals surface area contributed by atoms with Gasteiger partial charge in [-0.15, -0.1) is 20.5 Å². The van der Waals surface area contributed by atoms with Crippen molar-refractivity contribution in [2.45, 2.75) is 0 Å². The van der Waals surface area contributed by atoms with Gasteiger partial charge in [0.25, 0.3) is 0 Å². The van der Waals surface area contributed by atoms with Crippen LogP contribution in [0.1, 0.15) is 11.1 Å². The van der Waals surface area contributed by atoms with Crippen molar-refractivity contribution in [3.8, 4) is 34.2 Å². The summed E-state index contributed by atoms with van der Waals surface area (Å²) in [6.07, 6.45) is 10.7. The summed E-state index contributed by atoms with van der Waals surface area (Å²) in [6, 6.07) is 41.1. The van der Waals surface area contributed by atoms with Crippen LogP contribution in [0, 0.1) is 20.5 Å².